The minimum absolute atomic E-state index is 0.219. The number of amides is 1. The summed E-state index contributed by atoms with van der Waals surface area (Å²) in [5.41, 5.74) is 4.99. The second-order valence-corrected chi connectivity index (χ2v) is 6.55. The van der Waals surface area contributed by atoms with Gasteiger partial charge in [-0.2, -0.15) is 11.8 Å². The van der Waals surface area contributed by atoms with Crippen molar-refractivity contribution >= 4 is 17.7 Å². The number of thioether (sulfide) groups is 1. The average molecular weight is 244 g/mol. The van der Waals surface area contributed by atoms with Gasteiger partial charge < -0.3 is 11.1 Å². The largest absolute Gasteiger partial charge is 0.368 e. The van der Waals surface area contributed by atoms with E-state index in [1.54, 1.807) is 0 Å². The SMILES string of the molecule is CCCSC(C)CC(C)(NC1CC1)C(N)=O. The average Bonchev–Trinajstić information content (AvgIpc) is 2.98. The number of rotatable bonds is 8. The number of hydrogen-bond acceptors (Lipinski definition) is 3. The van der Waals surface area contributed by atoms with Gasteiger partial charge in [-0.3, -0.25) is 4.79 Å². The summed E-state index contributed by atoms with van der Waals surface area (Å²) in [5.74, 6) is 0.933. The molecule has 0 aliphatic heterocycles. The minimum Gasteiger partial charge on any atom is -0.368 e. The molecule has 0 heterocycles. The molecule has 1 amide bonds. The molecular weight excluding hydrogens is 220 g/mol. The Bertz CT molecular complexity index is 243. The van der Waals surface area contributed by atoms with Crippen molar-refractivity contribution in [3.63, 3.8) is 0 Å². The highest BCUT2D eigenvalue weighted by Crippen LogP contribution is 2.27. The van der Waals surface area contributed by atoms with E-state index < -0.39 is 5.54 Å². The van der Waals surface area contributed by atoms with E-state index in [9.17, 15) is 4.79 Å². The maximum absolute atomic E-state index is 11.5. The molecule has 1 fully saturated rings. The molecule has 3 N–H and O–H groups in total. The molecule has 0 saturated heterocycles. The van der Waals surface area contributed by atoms with Crippen LogP contribution in [0.1, 0.15) is 46.5 Å². The lowest BCUT2D eigenvalue weighted by Gasteiger charge is -2.30. The Labute approximate surface area is 103 Å². The van der Waals surface area contributed by atoms with Crippen LogP contribution in [-0.4, -0.2) is 28.5 Å². The van der Waals surface area contributed by atoms with E-state index in [-0.39, 0.29) is 5.91 Å². The lowest BCUT2D eigenvalue weighted by Crippen LogP contribution is -2.55. The third-order valence-corrected chi connectivity index (χ3v) is 4.33. The molecule has 2 atom stereocenters. The number of primary amides is 1. The van der Waals surface area contributed by atoms with Gasteiger partial charge in [-0.1, -0.05) is 13.8 Å². The highest BCUT2D eigenvalue weighted by molar-refractivity contribution is 7.99. The molecule has 1 aliphatic carbocycles. The van der Waals surface area contributed by atoms with Crippen LogP contribution in [0.25, 0.3) is 0 Å². The zero-order valence-corrected chi connectivity index (χ0v) is 11.4. The first kappa shape index (κ1) is 13.8. The molecule has 2 unspecified atom stereocenters. The summed E-state index contributed by atoms with van der Waals surface area (Å²) in [6, 6.07) is 0.515. The van der Waals surface area contributed by atoms with Crippen LogP contribution in [0.4, 0.5) is 0 Å². The fourth-order valence-corrected chi connectivity index (χ4v) is 2.95. The van der Waals surface area contributed by atoms with Crippen molar-refractivity contribution in [1.82, 2.24) is 5.32 Å². The smallest absolute Gasteiger partial charge is 0.237 e. The summed E-state index contributed by atoms with van der Waals surface area (Å²) in [6.07, 6.45) is 4.36. The van der Waals surface area contributed by atoms with Crippen LogP contribution in [-0.2, 0) is 4.79 Å². The summed E-state index contributed by atoms with van der Waals surface area (Å²) >= 11 is 1.92. The summed E-state index contributed by atoms with van der Waals surface area (Å²) in [5, 5.41) is 3.86. The maximum Gasteiger partial charge on any atom is 0.237 e. The van der Waals surface area contributed by atoms with Gasteiger partial charge in [0.2, 0.25) is 5.91 Å². The standard InChI is InChI=1S/C12H24N2OS/c1-4-7-16-9(2)8-12(3,11(13)15)14-10-5-6-10/h9-10,14H,4-8H2,1-3H3,(H2,13,15). The Morgan fingerprint density at radius 2 is 2.25 bits per heavy atom. The molecule has 94 valence electrons. The van der Waals surface area contributed by atoms with Crippen LogP contribution in [0.3, 0.4) is 0 Å². The number of nitrogens with two attached hydrogens (primary N) is 1. The van der Waals surface area contributed by atoms with Gasteiger partial charge in [0.25, 0.3) is 0 Å². The molecule has 3 nitrogen and oxygen atoms in total. The number of carbonyl (C=O) groups is 1. The van der Waals surface area contributed by atoms with E-state index in [0.717, 1.165) is 12.2 Å². The van der Waals surface area contributed by atoms with Gasteiger partial charge in [-0.05, 0) is 38.4 Å². The zero-order valence-electron chi connectivity index (χ0n) is 10.6. The van der Waals surface area contributed by atoms with Gasteiger partial charge in [0, 0.05) is 11.3 Å². The molecule has 0 radical (unpaired) electrons. The maximum atomic E-state index is 11.5. The van der Waals surface area contributed by atoms with E-state index in [0.29, 0.717) is 11.3 Å². The monoisotopic (exact) mass is 244 g/mol. The van der Waals surface area contributed by atoms with Gasteiger partial charge in [0.1, 0.15) is 0 Å². The predicted octanol–water partition coefficient (Wildman–Crippen LogP) is 1.90. The molecule has 1 rings (SSSR count). The lowest BCUT2D eigenvalue weighted by atomic mass is 9.95. The first-order chi connectivity index (χ1) is 7.48. The Balaban J connectivity index is 2.45. The topological polar surface area (TPSA) is 55.1 Å². The summed E-state index contributed by atoms with van der Waals surface area (Å²) < 4.78 is 0. The van der Waals surface area contributed by atoms with Crippen LogP contribution in [0.15, 0.2) is 0 Å². The second kappa shape index (κ2) is 5.92. The molecule has 1 aliphatic rings. The highest BCUT2D eigenvalue weighted by Gasteiger charge is 2.37. The first-order valence-corrected chi connectivity index (χ1v) is 7.22. The highest BCUT2D eigenvalue weighted by atomic mass is 32.2. The third-order valence-electron chi connectivity index (χ3n) is 2.95. The quantitative estimate of drug-likeness (QED) is 0.686. The van der Waals surface area contributed by atoms with Crippen molar-refractivity contribution < 1.29 is 4.79 Å². The molecule has 4 heteroatoms. The van der Waals surface area contributed by atoms with Crippen LogP contribution >= 0.6 is 11.8 Å². The molecule has 1 saturated carbocycles. The van der Waals surface area contributed by atoms with Gasteiger partial charge in [-0.25, -0.2) is 0 Å². The van der Waals surface area contributed by atoms with Crippen molar-refractivity contribution in [2.75, 3.05) is 5.75 Å². The van der Waals surface area contributed by atoms with Gasteiger partial charge >= 0.3 is 0 Å². The molecule has 0 spiro atoms. The van der Waals surface area contributed by atoms with Gasteiger partial charge in [0.05, 0.1) is 5.54 Å². The van der Waals surface area contributed by atoms with Crippen LogP contribution in [0, 0.1) is 0 Å². The van der Waals surface area contributed by atoms with Crippen LogP contribution < -0.4 is 11.1 Å². The Morgan fingerprint density at radius 3 is 2.69 bits per heavy atom. The van der Waals surface area contributed by atoms with Crippen molar-refractivity contribution in [2.24, 2.45) is 5.73 Å². The lowest BCUT2D eigenvalue weighted by molar-refractivity contribution is -0.124. The minimum atomic E-state index is -0.526. The van der Waals surface area contributed by atoms with Gasteiger partial charge in [-0.15, -0.1) is 0 Å². The fraction of sp³-hybridized carbons (Fsp3) is 0.917. The van der Waals surface area contributed by atoms with E-state index in [1.807, 2.05) is 18.7 Å². The van der Waals surface area contributed by atoms with Crippen molar-refractivity contribution in [2.45, 2.75) is 63.3 Å². The van der Waals surface area contributed by atoms with E-state index in [4.69, 9.17) is 5.73 Å². The van der Waals surface area contributed by atoms with Crippen LogP contribution in [0.5, 0.6) is 0 Å². The fourth-order valence-electron chi connectivity index (χ4n) is 1.86. The van der Waals surface area contributed by atoms with E-state index in [2.05, 4.69) is 19.2 Å². The molecular formula is C12H24N2OS. The zero-order chi connectivity index (χ0) is 12.2. The van der Waals surface area contributed by atoms with Gasteiger partial charge in [0.15, 0.2) is 0 Å². The predicted molar refractivity (Wildman–Crippen MR) is 70.6 cm³/mol. The Kier molecular flexibility index (Phi) is 5.12. The Morgan fingerprint density at radius 1 is 1.62 bits per heavy atom. The molecule has 0 aromatic rings. The third kappa shape index (κ3) is 4.34. The molecule has 0 aromatic heterocycles. The van der Waals surface area contributed by atoms with E-state index in [1.165, 1.54) is 19.3 Å². The normalized spacial score (nSPS) is 21.4. The summed E-state index contributed by atoms with van der Waals surface area (Å²) in [7, 11) is 0. The summed E-state index contributed by atoms with van der Waals surface area (Å²) in [6.45, 7) is 6.29. The van der Waals surface area contributed by atoms with Crippen molar-refractivity contribution in [1.29, 1.82) is 0 Å². The Hall–Kier alpha value is -0.220. The molecule has 0 bridgehead atoms. The molecule has 16 heavy (non-hydrogen) atoms. The number of hydrogen-bond donors (Lipinski definition) is 2. The van der Waals surface area contributed by atoms with E-state index >= 15 is 0 Å². The number of nitrogens with one attached hydrogen (secondary N) is 1. The van der Waals surface area contributed by atoms with Crippen LogP contribution in [0.2, 0.25) is 0 Å². The van der Waals surface area contributed by atoms with Crippen molar-refractivity contribution in [3.8, 4) is 0 Å². The van der Waals surface area contributed by atoms with Crippen molar-refractivity contribution in [3.05, 3.63) is 0 Å². The number of carbonyl (C=O) groups excluding carboxylic acids is 1. The molecule has 0 aromatic carbocycles. The summed E-state index contributed by atoms with van der Waals surface area (Å²) in [4.78, 5) is 11.5. The first-order valence-electron chi connectivity index (χ1n) is 6.17. The second-order valence-electron chi connectivity index (χ2n) is 5.00.